The lowest BCUT2D eigenvalue weighted by Crippen LogP contribution is -2.17. The monoisotopic (exact) mass is 293 g/mol. The minimum absolute atomic E-state index is 0.0404. The van der Waals surface area contributed by atoms with Crippen molar-refractivity contribution in [3.63, 3.8) is 0 Å². The molecule has 0 heterocycles. The van der Waals surface area contributed by atoms with Crippen LogP contribution < -0.4 is 5.32 Å². The Morgan fingerprint density at radius 3 is 2.43 bits per heavy atom. The number of carboxylic acid groups (broad SMARTS) is 1. The Balaban J connectivity index is 1.94. The topological polar surface area (TPSA) is 66.4 Å². The zero-order valence-electron chi connectivity index (χ0n) is 11.9. The Morgan fingerprint density at radius 1 is 1.19 bits per heavy atom. The van der Waals surface area contributed by atoms with E-state index in [0.29, 0.717) is 12.3 Å². The van der Waals surface area contributed by atoms with E-state index < -0.39 is 11.8 Å². The number of hydrogen-bond acceptors (Lipinski definition) is 2. The zero-order chi connectivity index (χ0) is 15.2. The van der Waals surface area contributed by atoms with Crippen molar-refractivity contribution >= 4 is 17.6 Å². The van der Waals surface area contributed by atoms with Crippen LogP contribution in [-0.2, 0) is 4.79 Å². The van der Waals surface area contributed by atoms with Crippen LogP contribution in [-0.4, -0.2) is 17.0 Å². The van der Waals surface area contributed by atoms with Crippen molar-refractivity contribution in [2.75, 3.05) is 5.32 Å². The fourth-order valence-corrected chi connectivity index (χ4v) is 2.78. The molecule has 21 heavy (non-hydrogen) atoms. The van der Waals surface area contributed by atoms with Crippen molar-refractivity contribution in [2.45, 2.75) is 44.9 Å². The van der Waals surface area contributed by atoms with E-state index in [9.17, 15) is 14.0 Å². The van der Waals surface area contributed by atoms with Gasteiger partial charge in [-0.15, -0.1) is 0 Å². The number of benzene rings is 1. The Labute approximate surface area is 123 Å². The number of hydrogen-bond donors (Lipinski definition) is 2. The summed E-state index contributed by atoms with van der Waals surface area (Å²) < 4.78 is 13.7. The quantitative estimate of drug-likeness (QED) is 0.829. The predicted octanol–water partition coefficient (Wildman–Crippen LogP) is 3.82. The normalized spacial score (nSPS) is 16.2. The van der Waals surface area contributed by atoms with E-state index >= 15 is 0 Å². The maximum atomic E-state index is 13.7. The molecular weight excluding hydrogens is 273 g/mol. The summed E-state index contributed by atoms with van der Waals surface area (Å²) >= 11 is 0. The lowest BCUT2D eigenvalue weighted by Gasteiger charge is -2.14. The smallest absolute Gasteiger partial charge is 0.335 e. The van der Waals surface area contributed by atoms with Crippen molar-refractivity contribution in [2.24, 2.45) is 5.92 Å². The average Bonchev–Trinajstić information content (AvgIpc) is 2.69. The summed E-state index contributed by atoms with van der Waals surface area (Å²) in [6.07, 6.45) is 7.26. The molecule has 0 saturated heterocycles. The van der Waals surface area contributed by atoms with Gasteiger partial charge in [-0.2, -0.15) is 0 Å². The molecule has 2 rings (SSSR count). The number of nitrogens with one attached hydrogen (secondary N) is 1. The molecule has 4 nitrogen and oxygen atoms in total. The van der Waals surface area contributed by atoms with Gasteiger partial charge in [0, 0.05) is 6.42 Å². The SMILES string of the molecule is O=C(CC1CCCCCC1)Nc1ccc(C(=O)O)cc1F. The fraction of sp³-hybridized carbons (Fsp3) is 0.500. The lowest BCUT2D eigenvalue weighted by molar-refractivity contribution is -0.117. The highest BCUT2D eigenvalue weighted by atomic mass is 19.1. The molecular formula is C16H20FNO3. The van der Waals surface area contributed by atoms with Gasteiger partial charge in [-0.25, -0.2) is 9.18 Å². The Morgan fingerprint density at radius 2 is 1.86 bits per heavy atom. The molecule has 114 valence electrons. The first-order valence-corrected chi connectivity index (χ1v) is 7.39. The van der Waals surface area contributed by atoms with Gasteiger partial charge in [0.15, 0.2) is 0 Å². The van der Waals surface area contributed by atoms with Crippen LogP contribution in [0, 0.1) is 11.7 Å². The maximum Gasteiger partial charge on any atom is 0.335 e. The Kier molecular flexibility index (Phi) is 5.31. The van der Waals surface area contributed by atoms with Crippen molar-refractivity contribution in [3.05, 3.63) is 29.6 Å². The summed E-state index contributed by atoms with van der Waals surface area (Å²) in [6.45, 7) is 0. The van der Waals surface area contributed by atoms with Gasteiger partial charge in [0.1, 0.15) is 5.82 Å². The molecule has 0 radical (unpaired) electrons. The van der Waals surface area contributed by atoms with Gasteiger partial charge in [-0.1, -0.05) is 25.7 Å². The van der Waals surface area contributed by atoms with E-state index in [0.717, 1.165) is 31.7 Å². The van der Waals surface area contributed by atoms with Crippen LogP contribution >= 0.6 is 0 Å². The molecule has 0 aromatic heterocycles. The summed E-state index contributed by atoms with van der Waals surface area (Å²) in [6, 6.07) is 3.50. The van der Waals surface area contributed by atoms with Gasteiger partial charge in [-0.3, -0.25) is 4.79 Å². The molecule has 2 N–H and O–H groups in total. The highest BCUT2D eigenvalue weighted by Crippen LogP contribution is 2.26. The van der Waals surface area contributed by atoms with E-state index in [1.165, 1.54) is 25.0 Å². The second kappa shape index (κ2) is 7.20. The van der Waals surface area contributed by atoms with Crippen LogP contribution in [0.4, 0.5) is 10.1 Å². The largest absolute Gasteiger partial charge is 0.478 e. The predicted molar refractivity (Wildman–Crippen MR) is 77.8 cm³/mol. The molecule has 1 aromatic rings. The maximum absolute atomic E-state index is 13.7. The highest BCUT2D eigenvalue weighted by molar-refractivity contribution is 5.92. The van der Waals surface area contributed by atoms with Crippen LogP contribution in [0.25, 0.3) is 0 Å². The van der Waals surface area contributed by atoms with E-state index in [-0.39, 0.29) is 17.2 Å². The highest BCUT2D eigenvalue weighted by Gasteiger charge is 2.17. The minimum atomic E-state index is -1.19. The number of carboxylic acids is 1. The number of aromatic carboxylic acids is 1. The molecule has 1 aliphatic rings. The molecule has 0 atom stereocenters. The second-order valence-corrected chi connectivity index (χ2v) is 5.61. The van der Waals surface area contributed by atoms with Crippen LogP contribution in [0.15, 0.2) is 18.2 Å². The van der Waals surface area contributed by atoms with Crippen molar-refractivity contribution in [1.82, 2.24) is 0 Å². The fourth-order valence-electron chi connectivity index (χ4n) is 2.78. The van der Waals surface area contributed by atoms with Crippen molar-refractivity contribution < 1.29 is 19.1 Å². The number of amides is 1. The van der Waals surface area contributed by atoms with Crippen LogP contribution in [0.3, 0.4) is 0 Å². The van der Waals surface area contributed by atoms with Crippen LogP contribution in [0.2, 0.25) is 0 Å². The van der Waals surface area contributed by atoms with Gasteiger partial charge in [0.25, 0.3) is 0 Å². The number of carbonyl (C=O) groups excluding carboxylic acids is 1. The van der Waals surface area contributed by atoms with E-state index in [1.807, 2.05) is 0 Å². The van der Waals surface area contributed by atoms with E-state index in [1.54, 1.807) is 0 Å². The zero-order valence-corrected chi connectivity index (χ0v) is 11.9. The molecule has 0 bridgehead atoms. The van der Waals surface area contributed by atoms with Gasteiger partial charge in [-0.05, 0) is 37.0 Å². The first kappa shape index (κ1) is 15.5. The summed E-state index contributed by atoms with van der Waals surface area (Å²) in [5.74, 6) is -1.74. The van der Waals surface area contributed by atoms with Crippen LogP contribution in [0.5, 0.6) is 0 Å². The molecule has 1 fully saturated rings. The van der Waals surface area contributed by atoms with Gasteiger partial charge < -0.3 is 10.4 Å². The Hall–Kier alpha value is -1.91. The lowest BCUT2D eigenvalue weighted by atomic mass is 9.96. The Bertz CT molecular complexity index is 522. The number of carbonyl (C=O) groups is 2. The third kappa shape index (κ3) is 4.55. The molecule has 0 aliphatic heterocycles. The molecule has 5 heteroatoms. The van der Waals surface area contributed by atoms with Crippen LogP contribution in [0.1, 0.15) is 55.3 Å². The van der Waals surface area contributed by atoms with Gasteiger partial charge in [0.2, 0.25) is 5.91 Å². The van der Waals surface area contributed by atoms with Gasteiger partial charge in [0.05, 0.1) is 11.3 Å². The summed E-state index contributed by atoms with van der Waals surface area (Å²) in [7, 11) is 0. The molecule has 0 unspecified atom stereocenters. The van der Waals surface area contributed by atoms with E-state index in [2.05, 4.69) is 5.32 Å². The third-order valence-corrected chi connectivity index (χ3v) is 3.94. The first-order valence-electron chi connectivity index (χ1n) is 7.39. The summed E-state index contributed by atoms with van der Waals surface area (Å²) in [5.41, 5.74) is -0.0899. The third-order valence-electron chi connectivity index (χ3n) is 3.94. The first-order chi connectivity index (χ1) is 10.1. The standard InChI is InChI=1S/C16H20FNO3/c17-13-10-12(16(20)21)7-8-14(13)18-15(19)9-11-5-3-1-2-4-6-11/h7-8,10-11H,1-6,9H2,(H,18,19)(H,20,21). The summed E-state index contributed by atoms with van der Waals surface area (Å²) in [4.78, 5) is 22.7. The number of rotatable bonds is 4. The molecule has 0 spiro atoms. The average molecular weight is 293 g/mol. The van der Waals surface area contributed by atoms with Crippen molar-refractivity contribution in [3.8, 4) is 0 Å². The van der Waals surface area contributed by atoms with Gasteiger partial charge >= 0.3 is 5.97 Å². The number of halogens is 1. The second-order valence-electron chi connectivity index (χ2n) is 5.61. The molecule has 1 saturated carbocycles. The molecule has 1 amide bonds. The van der Waals surface area contributed by atoms with Crippen molar-refractivity contribution in [1.29, 1.82) is 0 Å². The summed E-state index contributed by atoms with van der Waals surface area (Å²) in [5, 5.41) is 11.3. The minimum Gasteiger partial charge on any atom is -0.478 e. The number of anilines is 1. The molecule has 1 aliphatic carbocycles. The molecule has 1 aromatic carbocycles. The van der Waals surface area contributed by atoms with E-state index in [4.69, 9.17) is 5.11 Å².